The molecule has 0 unspecified atom stereocenters. The van der Waals surface area contributed by atoms with Crippen LogP contribution < -0.4 is 15.8 Å². The van der Waals surface area contributed by atoms with Crippen LogP contribution in [0.15, 0.2) is 65.5 Å². The molecule has 1 N–H and O–H groups in total. The number of para-hydroxylation sites is 2. The van der Waals surface area contributed by atoms with E-state index in [-0.39, 0.29) is 11.5 Å². The first-order chi connectivity index (χ1) is 15.5. The van der Waals surface area contributed by atoms with Crippen LogP contribution in [-0.2, 0) is 4.79 Å². The Morgan fingerprint density at radius 3 is 2.53 bits per heavy atom. The standard InChI is InChI=1S/C25H29N5O2/c1-4-21(25(32)26-15-16-28(5-2)19-11-7-6-8-12-19)30-22-14-10-9-13-20(22)24-27-23(31)17-18(3)29(24)30/h6-14,17,21H,4-5,15-16H2,1-3H3,(H,26,32)/t21-/m1/s1. The Labute approximate surface area is 187 Å². The Kier molecular flexibility index (Phi) is 6.25. The normalized spacial score (nSPS) is 12.2. The molecule has 7 heteroatoms. The molecule has 0 aliphatic heterocycles. The molecule has 0 spiro atoms. The van der Waals surface area contributed by atoms with Gasteiger partial charge in [-0.05, 0) is 44.5 Å². The number of fused-ring (bicyclic) bond motifs is 3. The smallest absolute Gasteiger partial charge is 0.273 e. The lowest BCUT2D eigenvalue weighted by molar-refractivity contribution is -0.124. The van der Waals surface area contributed by atoms with Crippen molar-refractivity contribution in [2.24, 2.45) is 0 Å². The van der Waals surface area contributed by atoms with Gasteiger partial charge in [0.1, 0.15) is 6.04 Å². The lowest BCUT2D eigenvalue weighted by atomic mass is 10.2. The molecule has 4 rings (SSSR count). The molecule has 0 bridgehead atoms. The zero-order chi connectivity index (χ0) is 22.7. The first-order valence-electron chi connectivity index (χ1n) is 11.1. The van der Waals surface area contributed by atoms with Gasteiger partial charge in [0.15, 0.2) is 5.65 Å². The van der Waals surface area contributed by atoms with Crippen LogP contribution in [0.5, 0.6) is 0 Å². The van der Waals surface area contributed by atoms with Gasteiger partial charge in [-0.25, -0.2) is 4.52 Å². The number of carbonyl (C=O) groups is 1. The van der Waals surface area contributed by atoms with Gasteiger partial charge < -0.3 is 10.2 Å². The van der Waals surface area contributed by atoms with Crippen LogP contribution in [-0.4, -0.2) is 39.7 Å². The zero-order valence-corrected chi connectivity index (χ0v) is 18.8. The third-order valence-corrected chi connectivity index (χ3v) is 5.86. The number of anilines is 1. The number of amides is 1. The minimum Gasteiger partial charge on any atom is -0.370 e. The Morgan fingerprint density at radius 1 is 1.09 bits per heavy atom. The van der Waals surface area contributed by atoms with Crippen molar-refractivity contribution in [2.75, 3.05) is 24.5 Å². The van der Waals surface area contributed by atoms with E-state index in [0.29, 0.717) is 18.6 Å². The number of likely N-dealkylation sites (N-methyl/N-ethyl adjacent to an activating group) is 1. The topological polar surface area (TPSA) is 71.6 Å². The summed E-state index contributed by atoms with van der Waals surface area (Å²) in [6, 6.07) is 19.1. The second-order valence-electron chi connectivity index (χ2n) is 7.86. The summed E-state index contributed by atoms with van der Waals surface area (Å²) < 4.78 is 3.86. The van der Waals surface area contributed by atoms with Gasteiger partial charge in [0, 0.05) is 42.5 Å². The van der Waals surface area contributed by atoms with E-state index in [0.717, 1.165) is 35.4 Å². The van der Waals surface area contributed by atoms with E-state index in [4.69, 9.17) is 0 Å². The molecule has 7 nitrogen and oxygen atoms in total. The molecular formula is C25H29N5O2. The summed E-state index contributed by atoms with van der Waals surface area (Å²) in [5.74, 6) is -0.0441. The SMILES string of the molecule is CC[C@H](C(=O)NCCN(CC)c1ccccc1)n1c2ccccc2c2nc(=O)cc(C)n21. The van der Waals surface area contributed by atoms with E-state index >= 15 is 0 Å². The maximum Gasteiger partial charge on any atom is 0.273 e. The average molecular weight is 432 g/mol. The molecule has 0 fully saturated rings. The second kappa shape index (κ2) is 9.26. The van der Waals surface area contributed by atoms with Crippen LogP contribution in [0.2, 0.25) is 0 Å². The van der Waals surface area contributed by atoms with Crippen molar-refractivity contribution in [3.8, 4) is 0 Å². The fourth-order valence-electron chi connectivity index (χ4n) is 4.32. The van der Waals surface area contributed by atoms with E-state index in [2.05, 4.69) is 34.3 Å². The zero-order valence-electron chi connectivity index (χ0n) is 18.8. The first kappa shape index (κ1) is 21.6. The van der Waals surface area contributed by atoms with E-state index in [9.17, 15) is 9.59 Å². The number of nitrogens with zero attached hydrogens (tertiary/aromatic N) is 4. The Hall–Kier alpha value is -3.61. The van der Waals surface area contributed by atoms with Crippen molar-refractivity contribution in [3.05, 3.63) is 76.7 Å². The highest BCUT2D eigenvalue weighted by Gasteiger charge is 2.24. The Bertz CT molecular complexity index is 1290. The quantitative estimate of drug-likeness (QED) is 0.463. The van der Waals surface area contributed by atoms with Gasteiger partial charge in [-0.3, -0.25) is 14.3 Å². The van der Waals surface area contributed by atoms with Crippen molar-refractivity contribution in [1.29, 1.82) is 0 Å². The molecule has 0 saturated carbocycles. The van der Waals surface area contributed by atoms with E-state index in [1.807, 2.05) is 65.5 Å². The van der Waals surface area contributed by atoms with E-state index in [1.165, 1.54) is 6.07 Å². The van der Waals surface area contributed by atoms with Gasteiger partial charge in [0.2, 0.25) is 5.91 Å². The predicted molar refractivity (Wildman–Crippen MR) is 128 cm³/mol. The Morgan fingerprint density at radius 2 is 1.81 bits per heavy atom. The molecule has 0 saturated heterocycles. The number of aryl methyl sites for hydroxylation is 1. The highest BCUT2D eigenvalue weighted by molar-refractivity contribution is 5.94. The van der Waals surface area contributed by atoms with Crippen molar-refractivity contribution < 1.29 is 4.79 Å². The molecule has 0 aliphatic carbocycles. The predicted octanol–water partition coefficient (Wildman–Crippen LogP) is 3.55. The average Bonchev–Trinajstić information content (AvgIpc) is 3.12. The molecule has 4 aromatic rings. The molecule has 0 aliphatic rings. The summed E-state index contributed by atoms with van der Waals surface area (Å²) in [6.07, 6.45) is 0.612. The van der Waals surface area contributed by atoms with Gasteiger partial charge in [0.05, 0.1) is 5.52 Å². The maximum absolute atomic E-state index is 13.3. The number of benzene rings is 2. The summed E-state index contributed by atoms with van der Waals surface area (Å²) in [5.41, 5.74) is 3.09. The molecule has 166 valence electrons. The van der Waals surface area contributed by atoms with Crippen LogP contribution in [0.4, 0.5) is 5.69 Å². The molecule has 2 aromatic heterocycles. The van der Waals surface area contributed by atoms with Crippen molar-refractivity contribution >= 4 is 28.1 Å². The van der Waals surface area contributed by atoms with Crippen LogP contribution in [0.1, 0.15) is 32.0 Å². The summed E-state index contributed by atoms with van der Waals surface area (Å²) in [6.45, 7) is 8.11. The number of rotatable bonds is 8. The molecule has 0 radical (unpaired) electrons. The number of aromatic nitrogens is 3. The summed E-state index contributed by atoms with van der Waals surface area (Å²) in [5, 5.41) is 3.98. The van der Waals surface area contributed by atoms with Gasteiger partial charge in [0.25, 0.3) is 5.56 Å². The lowest BCUT2D eigenvalue weighted by Crippen LogP contribution is -2.39. The van der Waals surface area contributed by atoms with Crippen LogP contribution in [0.3, 0.4) is 0 Å². The van der Waals surface area contributed by atoms with Gasteiger partial charge in [-0.2, -0.15) is 4.98 Å². The minimum absolute atomic E-state index is 0.0441. The largest absolute Gasteiger partial charge is 0.370 e. The van der Waals surface area contributed by atoms with Crippen LogP contribution in [0.25, 0.3) is 16.6 Å². The van der Waals surface area contributed by atoms with E-state index in [1.54, 1.807) is 0 Å². The summed E-state index contributed by atoms with van der Waals surface area (Å²) in [4.78, 5) is 31.8. The van der Waals surface area contributed by atoms with Crippen molar-refractivity contribution in [1.82, 2.24) is 19.5 Å². The van der Waals surface area contributed by atoms with E-state index < -0.39 is 6.04 Å². The molecule has 32 heavy (non-hydrogen) atoms. The van der Waals surface area contributed by atoms with Crippen molar-refractivity contribution in [3.63, 3.8) is 0 Å². The highest BCUT2D eigenvalue weighted by atomic mass is 16.2. The molecule has 1 amide bonds. The first-order valence-corrected chi connectivity index (χ1v) is 11.1. The third kappa shape index (κ3) is 3.98. The minimum atomic E-state index is -0.424. The van der Waals surface area contributed by atoms with Crippen LogP contribution >= 0.6 is 0 Å². The second-order valence-corrected chi connectivity index (χ2v) is 7.86. The molecule has 2 heterocycles. The molecular weight excluding hydrogens is 402 g/mol. The van der Waals surface area contributed by atoms with Gasteiger partial charge in [-0.1, -0.05) is 37.3 Å². The molecule has 1 atom stereocenters. The number of hydrogen-bond donors (Lipinski definition) is 1. The fraction of sp³-hybridized carbons (Fsp3) is 0.320. The Balaban J connectivity index is 1.62. The summed E-state index contributed by atoms with van der Waals surface area (Å²) in [7, 11) is 0. The van der Waals surface area contributed by atoms with Gasteiger partial charge >= 0.3 is 0 Å². The molecule has 2 aromatic carbocycles. The van der Waals surface area contributed by atoms with Crippen LogP contribution in [0, 0.1) is 6.92 Å². The lowest BCUT2D eigenvalue weighted by Gasteiger charge is -2.24. The number of hydrogen-bond acceptors (Lipinski definition) is 4. The highest BCUT2D eigenvalue weighted by Crippen LogP contribution is 2.26. The van der Waals surface area contributed by atoms with Crippen molar-refractivity contribution in [2.45, 2.75) is 33.2 Å². The monoisotopic (exact) mass is 431 g/mol. The number of carbonyl (C=O) groups excluding carboxylic acids is 1. The summed E-state index contributed by atoms with van der Waals surface area (Å²) >= 11 is 0. The fourth-order valence-corrected chi connectivity index (χ4v) is 4.32. The van der Waals surface area contributed by atoms with Gasteiger partial charge in [-0.15, -0.1) is 0 Å². The maximum atomic E-state index is 13.3. The number of nitrogens with one attached hydrogen (secondary N) is 1. The third-order valence-electron chi connectivity index (χ3n) is 5.86.